The largest absolute Gasteiger partial charge is 0.619 e. The molecule has 0 saturated heterocycles. The van der Waals surface area contributed by atoms with Gasteiger partial charge in [-0.05, 0) is 17.2 Å². The van der Waals surface area contributed by atoms with Crippen molar-refractivity contribution in [2.24, 2.45) is 0 Å². The van der Waals surface area contributed by atoms with E-state index in [1.807, 2.05) is 11.5 Å². The van der Waals surface area contributed by atoms with Crippen LogP contribution in [-0.4, -0.2) is 19.9 Å². The third-order valence-corrected chi connectivity index (χ3v) is 2.71. The van der Waals surface area contributed by atoms with E-state index in [9.17, 15) is 5.21 Å². The van der Waals surface area contributed by atoms with Crippen molar-refractivity contribution >= 4 is 16.9 Å². The summed E-state index contributed by atoms with van der Waals surface area (Å²) in [6.45, 7) is 2.63. The van der Waals surface area contributed by atoms with Crippen LogP contribution in [0.3, 0.4) is 0 Å². The average molecular weight is 246 g/mol. The van der Waals surface area contributed by atoms with E-state index in [0.29, 0.717) is 28.3 Å². The van der Waals surface area contributed by atoms with Crippen molar-refractivity contribution in [3.05, 3.63) is 23.7 Å². The minimum atomic E-state index is 0.176. The number of aryl methyl sites for hydroxylation is 1. The molecule has 0 fully saturated rings. The van der Waals surface area contributed by atoms with E-state index in [1.165, 1.54) is 12.4 Å². The fourth-order valence-corrected chi connectivity index (χ4v) is 1.91. The van der Waals surface area contributed by atoms with E-state index in [2.05, 4.69) is 19.9 Å². The van der Waals surface area contributed by atoms with E-state index in [4.69, 9.17) is 5.73 Å². The SMILES string of the molecule is CCn1c(-c2nonc2N)nc2c[n+]([O-])ccc21. The second-order valence-electron chi connectivity index (χ2n) is 3.75. The van der Waals surface area contributed by atoms with Gasteiger partial charge in [-0.25, -0.2) is 9.61 Å². The second kappa shape index (κ2) is 3.69. The first-order valence-electron chi connectivity index (χ1n) is 5.38. The van der Waals surface area contributed by atoms with Gasteiger partial charge < -0.3 is 15.5 Å². The lowest BCUT2D eigenvalue weighted by Gasteiger charge is -2.02. The van der Waals surface area contributed by atoms with Crippen LogP contribution in [0, 0.1) is 5.21 Å². The minimum Gasteiger partial charge on any atom is -0.619 e. The standard InChI is InChI=1S/C10H10N6O2/c1-2-16-7-3-4-15(17)5-6(7)12-10(16)8-9(11)14-18-13-8/h3-5H,2H2,1H3,(H2,11,14). The van der Waals surface area contributed by atoms with E-state index in [0.717, 1.165) is 5.52 Å². The Morgan fingerprint density at radius 1 is 1.50 bits per heavy atom. The van der Waals surface area contributed by atoms with Crippen LogP contribution in [0.2, 0.25) is 0 Å². The summed E-state index contributed by atoms with van der Waals surface area (Å²) in [4.78, 5) is 4.35. The Bertz CT molecular complexity index is 716. The molecule has 0 aromatic carbocycles. The Morgan fingerprint density at radius 3 is 3.00 bits per heavy atom. The van der Waals surface area contributed by atoms with Crippen molar-refractivity contribution in [3.63, 3.8) is 0 Å². The average Bonchev–Trinajstić information content (AvgIpc) is 2.91. The fraction of sp³-hybridized carbons (Fsp3) is 0.200. The molecular weight excluding hydrogens is 236 g/mol. The molecule has 8 heteroatoms. The Hall–Kier alpha value is -2.64. The Kier molecular flexibility index (Phi) is 2.15. The van der Waals surface area contributed by atoms with Gasteiger partial charge >= 0.3 is 0 Å². The lowest BCUT2D eigenvalue weighted by atomic mass is 10.4. The third kappa shape index (κ3) is 1.39. The molecule has 2 N–H and O–H groups in total. The predicted octanol–water partition coefficient (Wildman–Crippen LogP) is 0.322. The highest BCUT2D eigenvalue weighted by molar-refractivity contribution is 5.80. The smallest absolute Gasteiger partial charge is 0.208 e. The molecule has 3 aromatic heterocycles. The number of pyridine rings is 1. The summed E-state index contributed by atoms with van der Waals surface area (Å²) in [7, 11) is 0. The van der Waals surface area contributed by atoms with Crippen LogP contribution in [-0.2, 0) is 6.54 Å². The highest BCUT2D eigenvalue weighted by atomic mass is 16.6. The maximum atomic E-state index is 11.2. The van der Waals surface area contributed by atoms with E-state index >= 15 is 0 Å². The topological polar surface area (TPSA) is 110 Å². The molecule has 92 valence electrons. The Morgan fingerprint density at radius 2 is 2.33 bits per heavy atom. The summed E-state index contributed by atoms with van der Waals surface area (Å²) in [5.74, 6) is 0.715. The van der Waals surface area contributed by atoms with Gasteiger partial charge in [0.05, 0.1) is 5.52 Å². The van der Waals surface area contributed by atoms with Gasteiger partial charge in [0, 0.05) is 12.6 Å². The lowest BCUT2D eigenvalue weighted by Crippen LogP contribution is -2.23. The van der Waals surface area contributed by atoms with Crippen molar-refractivity contribution in [3.8, 4) is 11.5 Å². The third-order valence-electron chi connectivity index (χ3n) is 2.71. The fourth-order valence-electron chi connectivity index (χ4n) is 1.91. The molecule has 0 spiro atoms. The molecule has 0 aliphatic heterocycles. The first-order chi connectivity index (χ1) is 8.70. The number of fused-ring (bicyclic) bond motifs is 1. The summed E-state index contributed by atoms with van der Waals surface area (Å²) in [5, 5.41) is 18.5. The first kappa shape index (κ1) is 10.5. The van der Waals surface area contributed by atoms with Gasteiger partial charge in [0.2, 0.25) is 6.20 Å². The Labute approximate surface area is 101 Å². The molecule has 3 aromatic rings. The normalized spacial score (nSPS) is 11.2. The van der Waals surface area contributed by atoms with Crippen molar-refractivity contribution in [1.82, 2.24) is 19.9 Å². The van der Waals surface area contributed by atoms with Gasteiger partial charge in [-0.15, -0.1) is 0 Å². The van der Waals surface area contributed by atoms with Crippen molar-refractivity contribution in [1.29, 1.82) is 0 Å². The molecule has 18 heavy (non-hydrogen) atoms. The quantitative estimate of drug-likeness (QED) is 0.515. The molecule has 0 aliphatic rings. The van der Waals surface area contributed by atoms with Crippen LogP contribution >= 0.6 is 0 Å². The molecular formula is C10H10N6O2. The number of imidazole rings is 1. The monoisotopic (exact) mass is 246 g/mol. The molecule has 0 saturated carbocycles. The number of nitrogens with zero attached hydrogens (tertiary/aromatic N) is 5. The number of nitrogen functional groups attached to an aromatic ring is 1. The van der Waals surface area contributed by atoms with Crippen LogP contribution in [0.15, 0.2) is 23.1 Å². The molecule has 3 rings (SSSR count). The summed E-state index contributed by atoms with van der Waals surface area (Å²) >= 11 is 0. The first-order valence-corrected chi connectivity index (χ1v) is 5.38. The number of anilines is 1. The number of nitrogens with two attached hydrogens (primary N) is 1. The summed E-state index contributed by atoms with van der Waals surface area (Å²) in [5.41, 5.74) is 7.45. The maximum absolute atomic E-state index is 11.2. The molecule has 3 heterocycles. The zero-order valence-electron chi connectivity index (χ0n) is 9.57. The summed E-state index contributed by atoms with van der Waals surface area (Å²) in [6, 6.07) is 1.70. The molecule has 0 bridgehead atoms. The number of aromatic nitrogens is 5. The van der Waals surface area contributed by atoms with Gasteiger partial charge in [0.25, 0.3) is 0 Å². The molecule has 0 radical (unpaired) electrons. The van der Waals surface area contributed by atoms with Crippen LogP contribution in [0.25, 0.3) is 22.6 Å². The van der Waals surface area contributed by atoms with Crippen molar-refractivity contribution in [2.45, 2.75) is 13.5 Å². The van der Waals surface area contributed by atoms with Crippen molar-refractivity contribution < 1.29 is 9.36 Å². The number of hydrogen-bond donors (Lipinski definition) is 1. The number of hydrogen-bond acceptors (Lipinski definition) is 6. The van der Waals surface area contributed by atoms with Crippen LogP contribution in [0.4, 0.5) is 5.82 Å². The minimum absolute atomic E-state index is 0.176. The van der Waals surface area contributed by atoms with E-state index < -0.39 is 0 Å². The van der Waals surface area contributed by atoms with Crippen LogP contribution in [0.5, 0.6) is 0 Å². The predicted molar refractivity (Wildman–Crippen MR) is 62.1 cm³/mol. The van der Waals surface area contributed by atoms with E-state index in [1.54, 1.807) is 6.07 Å². The van der Waals surface area contributed by atoms with Gasteiger partial charge in [-0.3, -0.25) is 0 Å². The molecule has 0 atom stereocenters. The molecule has 0 unspecified atom stereocenters. The summed E-state index contributed by atoms with van der Waals surface area (Å²) < 4.78 is 7.17. The van der Waals surface area contributed by atoms with Gasteiger partial charge in [-0.1, -0.05) is 0 Å². The summed E-state index contributed by atoms with van der Waals surface area (Å²) in [6.07, 6.45) is 2.82. The highest BCUT2D eigenvalue weighted by Gasteiger charge is 2.19. The molecule has 0 aliphatic carbocycles. The van der Waals surface area contributed by atoms with E-state index in [-0.39, 0.29) is 5.82 Å². The van der Waals surface area contributed by atoms with Crippen LogP contribution in [0.1, 0.15) is 6.92 Å². The highest BCUT2D eigenvalue weighted by Crippen LogP contribution is 2.25. The van der Waals surface area contributed by atoms with Gasteiger partial charge in [-0.2, -0.15) is 4.73 Å². The second-order valence-corrected chi connectivity index (χ2v) is 3.75. The molecule has 0 amide bonds. The zero-order valence-corrected chi connectivity index (χ0v) is 9.57. The zero-order chi connectivity index (χ0) is 12.7. The van der Waals surface area contributed by atoms with Crippen LogP contribution < -0.4 is 10.5 Å². The van der Waals surface area contributed by atoms with Gasteiger partial charge in [0.1, 0.15) is 0 Å². The molecule has 8 nitrogen and oxygen atoms in total. The maximum Gasteiger partial charge on any atom is 0.208 e. The number of rotatable bonds is 2. The lowest BCUT2D eigenvalue weighted by molar-refractivity contribution is -0.604. The van der Waals surface area contributed by atoms with Gasteiger partial charge in [0.15, 0.2) is 29.0 Å². The van der Waals surface area contributed by atoms with Crippen molar-refractivity contribution in [2.75, 3.05) is 5.73 Å². The Balaban J connectivity index is 2.32.